The molecule has 0 spiro atoms. The molecule has 0 saturated heterocycles. The van der Waals surface area contributed by atoms with Crippen molar-refractivity contribution in [3.8, 4) is 5.75 Å². The van der Waals surface area contributed by atoms with Crippen LogP contribution < -0.4 is 15.4 Å². The van der Waals surface area contributed by atoms with Gasteiger partial charge in [-0.15, -0.1) is 0 Å². The lowest BCUT2D eigenvalue weighted by Gasteiger charge is -2.34. The van der Waals surface area contributed by atoms with Crippen LogP contribution in [0.15, 0.2) is 77.4 Å². The van der Waals surface area contributed by atoms with E-state index in [2.05, 4.69) is 39.8 Å². The van der Waals surface area contributed by atoms with Gasteiger partial charge in [-0.1, -0.05) is 42.5 Å². The Morgan fingerprint density at radius 1 is 1.00 bits per heavy atom. The summed E-state index contributed by atoms with van der Waals surface area (Å²) in [6.45, 7) is 3.10. The highest BCUT2D eigenvalue weighted by atomic mass is 16.5. The zero-order valence-corrected chi connectivity index (χ0v) is 16.9. The number of nitrogens with zero attached hydrogens (tertiary/aromatic N) is 1. The highest BCUT2D eigenvalue weighted by Crippen LogP contribution is 2.27. The Balaban J connectivity index is 1.28. The molecule has 2 heterocycles. The van der Waals surface area contributed by atoms with Crippen molar-refractivity contribution in [2.75, 3.05) is 26.2 Å². The molecule has 0 fully saturated rings. The molecule has 0 saturated carbocycles. The second-order valence-electron chi connectivity index (χ2n) is 7.32. The van der Waals surface area contributed by atoms with Crippen molar-refractivity contribution < 1.29 is 13.9 Å². The predicted molar refractivity (Wildman–Crippen MR) is 115 cm³/mol. The van der Waals surface area contributed by atoms with E-state index in [-0.39, 0.29) is 12.1 Å². The summed E-state index contributed by atoms with van der Waals surface area (Å²) in [5.41, 5.74) is 2.74. The number of urea groups is 1. The number of carbonyl (C=O) groups excluding carboxylic acids is 1. The summed E-state index contributed by atoms with van der Waals surface area (Å²) < 4.78 is 11.3. The molecule has 1 atom stereocenters. The average Bonchev–Trinajstić information content (AvgIpc) is 3.32. The van der Waals surface area contributed by atoms with E-state index < -0.39 is 0 Å². The van der Waals surface area contributed by atoms with E-state index in [1.807, 2.05) is 42.5 Å². The fourth-order valence-electron chi connectivity index (χ4n) is 3.78. The molecule has 0 bridgehead atoms. The van der Waals surface area contributed by atoms with Gasteiger partial charge in [-0.05, 0) is 41.8 Å². The van der Waals surface area contributed by atoms with Gasteiger partial charge in [0.25, 0.3) is 0 Å². The predicted octanol–water partition coefficient (Wildman–Crippen LogP) is 3.76. The minimum absolute atomic E-state index is 0.0142. The number of para-hydroxylation sites is 1. The summed E-state index contributed by atoms with van der Waals surface area (Å²) >= 11 is 0. The molecule has 2 amide bonds. The molecule has 156 valence electrons. The summed E-state index contributed by atoms with van der Waals surface area (Å²) in [6.07, 6.45) is 2.68. The number of benzene rings is 2. The Labute approximate surface area is 176 Å². The largest absolute Gasteiger partial charge is 0.492 e. The zero-order valence-electron chi connectivity index (χ0n) is 16.9. The van der Waals surface area contributed by atoms with E-state index >= 15 is 0 Å². The van der Waals surface area contributed by atoms with E-state index in [9.17, 15) is 4.79 Å². The van der Waals surface area contributed by atoms with Crippen molar-refractivity contribution in [2.24, 2.45) is 0 Å². The van der Waals surface area contributed by atoms with Gasteiger partial charge in [0.15, 0.2) is 0 Å². The lowest BCUT2D eigenvalue weighted by atomic mass is 9.98. The molecule has 2 N–H and O–H groups in total. The molecular formula is C24H27N3O3. The molecule has 1 aliphatic rings. The Morgan fingerprint density at radius 3 is 2.60 bits per heavy atom. The SMILES string of the molecule is O=C(NCCOc1ccccc1)NCC(c1ccco1)N1CCc2ccccc2C1. The molecule has 4 rings (SSSR count). The summed E-state index contributed by atoms with van der Waals surface area (Å²) in [6, 6.07) is 21.7. The molecule has 6 nitrogen and oxygen atoms in total. The second kappa shape index (κ2) is 9.98. The van der Waals surface area contributed by atoms with Crippen LogP contribution in [0.3, 0.4) is 0 Å². The Hall–Kier alpha value is -3.25. The van der Waals surface area contributed by atoms with Crippen molar-refractivity contribution in [3.63, 3.8) is 0 Å². The van der Waals surface area contributed by atoms with Crippen LogP contribution >= 0.6 is 0 Å². The first-order valence-electron chi connectivity index (χ1n) is 10.3. The van der Waals surface area contributed by atoms with Gasteiger partial charge in [0.05, 0.1) is 18.8 Å². The van der Waals surface area contributed by atoms with Gasteiger partial charge >= 0.3 is 6.03 Å². The van der Waals surface area contributed by atoms with Crippen LogP contribution in [0.25, 0.3) is 0 Å². The van der Waals surface area contributed by atoms with Gasteiger partial charge in [0.1, 0.15) is 18.1 Å². The van der Waals surface area contributed by atoms with E-state index in [0.29, 0.717) is 19.7 Å². The summed E-state index contributed by atoms with van der Waals surface area (Å²) in [7, 11) is 0. The van der Waals surface area contributed by atoms with Crippen LogP contribution in [0.4, 0.5) is 4.79 Å². The highest BCUT2D eigenvalue weighted by Gasteiger charge is 2.26. The minimum atomic E-state index is -0.208. The zero-order chi connectivity index (χ0) is 20.6. The summed E-state index contributed by atoms with van der Waals surface area (Å²) in [5.74, 6) is 1.66. The van der Waals surface area contributed by atoms with E-state index in [4.69, 9.17) is 9.15 Å². The highest BCUT2D eigenvalue weighted by molar-refractivity contribution is 5.73. The first-order valence-corrected chi connectivity index (χ1v) is 10.3. The minimum Gasteiger partial charge on any atom is -0.492 e. The third-order valence-corrected chi connectivity index (χ3v) is 5.33. The van der Waals surface area contributed by atoms with Crippen molar-refractivity contribution >= 4 is 6.03 Å². The molecular weight excluding hydrogens is 378 g/mol. The fourth-order valence-corrected chi connectivity index (χ4v) is 3.78. The number of furan rings is 1. The van der Waals surface area contributed by atoms with Crippen LogP contribution in [0.2, 0.25) is 0 Å². The Bertz CT molecular complexity index is 928. The number of fused-ring (bicyclic) bond motifs is 1. The van der Waals surface area contributed by atoms with Crippen molar-refractivity contribution in [1.29, 1.82) is 0 Å². The molecule has 0 radical (unpaired) electrons. The molecule has 2 aromatic carbocycles. The second-order valence-corrected chi connectivity index (χ2v) is 7.32. The smallest absolute Gasteiger partial charge is 0.314 e. The normalized spacial score (nSPS) is 14.5. The van der Waals surface area contributed by atoms with Crippen molar-refractivity contribution in [1.82, 2.24) is 15.5 Å². The molecule has 1 aromatic heterocycles. The number of hydrogen-bond acceptors (Lipinski definition) is 4. The van der Waals surface area contributed by atoms with Crippen LogP contribution in [-0.4, -0.2) is 37.2 Å². The molecule has 1 aliphatic heterocycles. The van der Waals surface area contributed by atoms with Crippen molar-refractivity contribution in [2.45, 2.75) is 19.0 Å². The monoisotopic (exact) mass is 405 g/mol. The van der Waals surface area contributed by atoms with Crippen molar-refractivity contribution in [3.05, 3.63) is 89.9 Å². The fraction of sp³-hybridized carbons (Fsp3) is 0.292. The number of carbonyl (C=O) groups is 1. The standard InChI is InChI=1S/C24H27N3O3/c28-24(25-13-16-29-21-9-2-1-3-10-21)26-17-22(23-11-6-15-30-23)27-14-12-19-7-4-5-8-20(19)18-27/h1-11,15,22H,12-14,16-18H2,(H2,25,26,28). The maximum Gasteiger partial charge on any atom is 0.314 e. The average molecular weight is 405 g/mol. The first-order chi connectivity index (χ1) is 14.8. The van der Waals surface area contributed by atoms with Gasteiger partial charge in [-0.2, -0.15) is 0 Å². The third-order valence-electron chi connectivity index (χ3n) is 5.33. The summed E-state index contributed by atoms with van der Waals surface area (Å²) in [5, 5.41) is 5.83. The quantitative estimate of drug-likeness (QED) is 0.560. The van der Waals surface area contributed by atoms with Gasteiger partial charge in [0.2, 0.25) is 0 Å². The van der Waals surface area contributed by atoms with E-state index in [1.165, 1.54) is 11.1 Å². The molecule has 3 aromatic rings. The number of nitrogens with one attached hydrogen (secondary N) is 2. The maximum atomic E-state index is 12.3. The number of amides is 2. The molecule has 0 aliphatic carbocycles. The van der Waals surface area contributed by atoms with Crippen LogP contribution in [-0.2, 0) is 13.0 Å². The van der Waals surface area contributed by atoms with Gasteiger partial charge in [-0.3, -0.25) is 4.90 Å². The molecule has 1 unspecified atom stereocenters. The third kappa shape index (κ3) is 5.21. The van der Waals surface area contributed by atoms with Gasteiger partial charge in [-0.25, -0.2) is 4.79 Å². The topological polar surface area (TPSA) is 66.7 Å². The lowest BCUT2D eigenvalue weighted by Crippen LogP contribution is -2.44. The summed E-state index contributed by atoms with van der Waals surface area (Å²) in [4.78, 5) is 14.6. The molecule has 30 heavy (non-hydrogen) atoms. The van der Waals surface area contributed by atoms with Gasteiger partial charge < -0.3 is 19.8 Å². The number of rotatable bonds is 8. The van der Waals surface area contributed by atoms with Gasteiger partial charge in [0, 0.05) is 19.6 Å². The number of hydrogen-bond donors (Lipinski definition) is 2. The Kier molecular flexibility index (Phi) is 6.67. The lowest BCUT2D eigenvalue weighted by molar-refractivity contribution is 0.155. The maximum absolute atomic E-state index is 12.3. The van der Waals surface area contributed by atoms with Crippen LogP contribution in [0.5, 0.6) is 5.75 Å². The van der Waals surface area contributed by atoms with Crippen LogP contribution in [0, 0.1) is 0 Å². The van der Waals surface area contributed by atoms with Crippen LogP contribution in [0.1, 0.15) is 22.9 Å². The van der Waals surface area contributed by atoms with E-state index in [0.717, 1.165) is 31.0 Å². The number of ether oxygens (including phenoxy) is 1. The van der Waals surface area contributed by atoms with E-state index in [1.54, 1.807) is 6.26 Å². The first kappa shape index (κ1) is 20.0. The molecule has 6 heteroatoms. The Morgan fingerprint density at radius 2 is 1.80 bits per heavy atom.